The highest BCUT2D eigenvalue weighted by molar-refractivity contribution is 5.97. The number of hydrogen-bond donors (Lipinski definition) is 1. The first kappa shape index (κ1) is 24.9. The minimum Gasteiger partial charge on any atom is -0.377 e. The second kappa shape index (κ2) is 11.9. The molecule has 4 rings (SSSR count). The number of nitrogens with one attached hydrogen (secondary N) is 1. The fourth-order valence-electron chi connectivity index (χ4n) is 3.24. The molecular weight excluding hydrogens is 396 g/mol. The Labute approximate surface area is 192 Å². The first-order chi connectivity index (χ1) is 15.4. The number of carbonyl (C=O) groups is 1. The van der Waals surface area contributed by atoms with E-state index in [0.717, 1.165) is 52.4 Å². The van der Waals surface area contributed by atoms with Crippen molar-refractivity contribution < 1.29 is 4.79 Å². The van der Waals surface area contributed by atoms with Crippen molar-refractivity contribution in [2.24, 2.45) is 5.92 Å². The van der Waals surface area contributed by atoms with Crippen LogP contribution in [0.15, 0.2) is 42.9 Å². The number of anilines is 2. The van der Waals surface area contributed by atoms with Crippen molar-refractivity contribution in [3.05, 3.63) is 48.4 Å². The number of rotatable bonds is 4. The lowest BCUT2D eigenvalue weighted by atomic mass is 9.98. The maximum absolute atomic E-state index is 12.0. The summed E-state index contributed by atoms with van der Waals surface area (Å²) in [6.07, 6.45) is 13.1. The lowest BCUT2D eigenvalue weighted by Gasteiger charge is -2.18. The number of aromatic nitrogens is 2. The monoisotopic (exact) mass is 430 g/mol. The number of terminal acetylenes is 1. The van der Waals surface area contributed by atoms with E-state index in [4.69, 9.17) is 6.42 Å². The molecule has 0 spiro atoms. The van der Waals surface area contributed by atoms with E-state index in [1.54, 1.807) is 0 Å². The summed E-state index contributed by atoms with van der Waals surface area (Å²) in [5.41, 5.74) is 4.47. The molecule has 5 heteroatoms. The molecule has 0 bridgehead atoms. The van der Waals surface area contributed by atoms with Gasteiger partial charge in [-0.05, 0) is 54.5 Å². The van der Waals surface area contributed by atoms with Crippen LogP contribution in [0.4, 0.5) is 11.5 Å². The Morgan fingerprint density at radius 2 is 1.91 bits per heavy atom. The number of fused-ring (bicyclic) bond motifs is 1. The summed E-state index contributed by atoms with van der Waals surface area (Å²) in [5, 5.41) is 5.09. The number of nitrogens with zero attached hydrogens (tertiary/aromatic N) is 3. The molecule has 1 N–H and O–H groups in total. The Hall–Kier alpha value is -3.39. The maximum atomic E-state index is 12.0. The maximum Gasteiger partial charge on any atom is 0.228 e. The van der Waals surface area contributed by atoms with Gasteiger partial charge in [0, 0.05) is 61.7 Å². The van der Waals surface area contributed by atoms with Gasteiger partial charge in [0.1, 0.15) is 5.82 Å². The first-order valence-corrected chi connectivity index (χ1v) is 11.2. The first-order valence-electron chi connectivity index (χ1n) is 11.2. The lowest BCUT2D eigenvalue weighted by Crippen LogP contribution is -2.14. The Balaban J connectivity index is 0.000000547. The van der Waals surface area contributed by atoms with Crippen molar-refractivity contribution in [3.63, 3.8) is 0 Å². The van der Waals surface area contributed by atoms with Crippen LogP contribution in [0.2, 0.25) is 0 Å². The van der Waals surface area contributed by atoms with Gasteiger partial charge in [-0.15, -0.1) is 12.3 Å². The summed E-state index contributed by atoms with van der Waals surface area (Å²) < 4.78 is 0. The summed E-state index contributed by atoms with van der Waals surface area (Å²) >= 11 is 0. The molecule has 2 heterocycles. The van der Waals surface area contributed by atoms with E-state index in [-0.39, 0.29) is 11.8 Å². The predicted octanol–water partition coefficient (Wildman–Crippen LogP) is 6.08. The van der Waals surface area contributed by atoms with Gasteiger partial charge in [0.05, 0.1) is 0 Å². The second-order valence-corrected chi connectivity index (χ2v) is 7.69. The molecule has 1 aliphatic carbocycles. The van der Waals surface area contributed by atoms with Crippen LogP contribution in [0.1, 0.15) is 45.6 Å². The molecule has 1 saturated carbocycles. The fraction of sp³-hybridized carbons (Fsp3) is 0.370. The van der Waals surface area contributed by atoms with Crippen molar-refractivity contribution in [3.8, 4) is 23.5 Å². The molecule has 0 saturated heterocycles. The number of benzene rings is 1. The van der Waals surface area contributed by atoms with Crippen LogP contribution in [0.3, 0.4) is 0 Å². The third kappa shape index (κ3) is 6.31. The zero-order chi connectivity index (χ0) is 23.7. The molecule has 0 unspecified atom stereocenters. The number of carbonyl (C=O) groups excluding carboxylic acids is 1. The number of aryl methyl sites for hydroxylation is 1. The van der Waals surface area contributed by atoms with Crippen molar-refractivity contribution in [2.45, 2.75) is 47.0 Å². The fourth-order valence-corrected chi connectivity index (χ4v) is 3.24. The minimum absolute atomic E-state index is 0.0758. The third-order valence-electron chi connectivity index (χ3n) is 5.04. The molecule has 1 amide bonds. The zero-order valence-electron chi connectivity index (χ0n) is 20.1. The van der Waals surface area contributed by atoms with Gasteiger partial charge in [0.2, 0.25) is 5.91 Å². The molecule has 168 valence electrons. The van der Waals surface area contributed by atoms with Crippen LogP contribution >= 0.6 is 0 Å². The topological polar surface area (TPSA) is 58.1 Å². The van der Waals surface area contributed by atoms with E-state index in [1.165, 1.54) is 0 Å². The number of hydrogen-bond acceptors (Lipinski definition) is 4. The molecule has 2 aromatic heterocycles. The average Bonchev–Trinajstić information content (AvgIpc) is 3.66. The highest BCUT2D eigenvalue weighted by Gasteiger charge is 2.29. The molecule has 1 aliphatic rings. The summed E-state index contributed by atoms with van der Waals surface area (Å²) in [5.74, 6) is 3.29. The molecule has 1 aromatic carbocycles. The SMILES string of the molecule is C#CCC.CC.Cc1cc(-c2cnccc2N(C)C)cc2cc(NC(=O)C3CC3)ncc12. The Kier molecular flexibility index (Phi) is 9.22. The number of pyridine rings is 2. The molecule has 0 radical (unpaired) electrons. The molecule has 5 nitrogen and oxygen atoms in total. The minimum atomic E-state index is 0.0758. The van der Waals surface area contributed by atoms with Crippen molar-refractivity contribution in [1.29, 1.82) is 0 Å². The predicted molar refractivity (Wildman–Crippen MR) is 136 cm³/mol. The van der Waals surface area contributed by atoms with Gasteiger partial charge >= 0.3 is 0 Å². The van der Waals surface area contributed by atoms with Gasteiger partial charge in [-0.1, -0.05) is 26.8 Å². The Morgan fingerprint density at radius 3 is 2.50 bits per heavy atom. The summed E-state index contributed by atoms with van der Waals surface area (Å²) in [4.78, 5) is 22.8. The zero-order valence-corrected chi connectivity index (χ0v) is 20.1. The van der Waals surface area contributed by atoms with Crippen molar-refractivity contribution in [2.75, 3.05) is 24.3 Å². The molecular formula is C27H34N4O. The Morgan fingerprint density at radius 1 is 1.22 bits per heavy atom. The van der Waals surface area contributed by atoms with E-state index in [0.29, 0.717) is 5.82 Å². The van der Waals surface area contributed by atoms with Gasteiger partial charge < -0.3 is 10.2 Å². The summed E-state index contributed by atoms with van der Waals surface area (Å²) in [7, 11) is 4.06. The standard InChI is InChI=1S/C21H22N4O.C4H6.C2H6/c1-13-8-15(18-11-22-7-6-19(18)25(2)3)9-16-10-20(23-12-17(13)16)24-21(26)14-4-5-14;1-3-4-2;1-2/h6-12,14H,4-5H2,1-3H3,(H,23,24,26);1H,4H2,2H3;1-2H3. The third-order valence-corrected chi connectivity index (χ3v) is 5.04. The Bertz CT molecular complexity index is 1090. The smallest absolute Gasteiger partial charge is 0.228 e. The summed E-state index contributed by atoms with van der Waals surface area (Å²) in [6.45, 7) is 8.03. The lowest BCUT2D eigenvalue weighted by molar-refractivity contribution is -0.117. The van der Waals surface area contributed by atoms with Crippen LogP contribution in [0, 0.1) is 25.2 Å². The van der Waals surface area contributed by atoms with Crippen molar-refractivity contribution >= 4 is 28.2 Å². The van der Waals surface area contributed by atoms with E-state index >= 15 is 0 Å². The molecule has 32 heavy (non-hydrogen) atoms. The normalized spacial score (nSPS) is 11.9. The van der Waals surface area contributed by atoms with Gasteiger partial charge in [-0.25, -0.2) is 4.98 Å². The van der Waals surface area contributed by atoms with Crippen LogP contribution in [0.25, 0.3) is 21.9 Å². The molecule has 3 aromatic rings. The van der Waals surface area contributed by atoms with Gasteiger partial charge in [0.15, 0.2) is 0 Å². The van der Waals surface area contributed by atoms with Crippen LogP contribution < -0.4 is 10.2 Å². The molecule has 0 atom stereocenters. The van der Waals surface area contributed by atoms with E-state index < -0.39 is 0 Å². The van der Waals surface area contributed by atoms with E-state index in [1.807, 2.05) is 65.6 Å². The molecule has 1 fully saturated rings. The average molecular weight is 431 g/mol. The summed E-state index contributed by atoms with van der Waals surface area (Å²) in [6, 6.07) is 8.28. The number of amides is 1. The van der Waals surface area contributed by atoms with Crippen LogP contribution in [0.5, 0.6) is 0 Å². The highest BCUT2D eigenvalue weighted by atomic mass is 16.2. The largest absolute Gasteiger partial charge is 0.377 e. The van der Waals surface area contributed by atoms with Gasteiger partial charge in [-0.3, -0.25) is 9.78 Å². The van der Waals surface area contributed by atoms with Crippen LogP contribution in [-0.2, 0) is 4.79 Å². The van der Waals surface area contributed by atoms with E-state index in [2.05, 4.69) is 45.2 Å². The second-order valence-electron chi connectivity index (χ2n) is 7.69. The molecule has 0 aliphatic heterocycles. The van der Waals surface area contributed by atoms with E-state index in [9.17, 15) is 4.79 Å². The quantitative estimate of drug-likeness (QED) is 0.510. The van der Waals surface area contributed by atoms with Crippen molar-refractivity contribution in [1.82, 2.24) is 9.97 Å². The van der Waals surface area contributed by atoms with Gasteiger partial charge in [-0.2, -0.15) is 0 Å². The highest BCUT2D eigenvalue weighted by Crippen LogP contribution is 2.34. The van der Waals surface area contributed by atoms with Crippen LogP contribution in [-0.4, -0.2) is 30.0 Å². The van der Waals surface area contributed by atoms with Gasteiger partial charge in [0.25, 0.3) is 0 Å².